The van der Waals surface area contributed by atoms with Gasteiger partial charge in [-0.2, -0.15) is 5.10 Å². The van der Waals surface area contributed by atoms with Gasteiger partial charge in [0, 0.05) is 32.2 Å². The quantitative estimate of drug-likeness (QED) is 0.866. The van der Waals surface area contributed by atoms with Crippen LogP contribution in [0.4, 0.5) is 0 Å². The monoisotopic (exact) mass is 314 g/mol. The SMILES string of the molecule is CCc1nn(CC)c(CN2CC(O)CC2CN(C)C)c1Cl. The van der Waals surface area contributed by atoms with Crippen molar-refractivity contribution >= 4 is 11.6 Å². The Bertz CT molecular complexity index is 474. The molecule has 0 aromatic carbocycles. The van der Waals surface area contributed by atoms with Crippen molar-refractivity contribution in [2.45, 2.75) is 51.9 Å². The van der Waals surface area contributed by atoms with Crippen LogP contribution in [0.2, 0.25) is 5.02 Å². The van der Waals surface area contributed by atoms with Crippen molar-refractivity contribution in [2.24, 2.45) is 0 Å². The van der Waals surface area contributed by atoms with Gasteiger partial charge in [0.1, 0.15) is 0 Å². The number of rotatable bonds is 6. The van der Waals surface area contributed by atoms with E-state index >= 15 is 0 Å². The van der Waals surface area contributed by atoms with Crippen LogP contribution in [-0.2, 0) is 19.5 Å². The largest absolute Gasteiger partial charge is 0.392 e. The minimum Gasteiger partial charge on any atom is -0.392 e. The number of nitrogens with zero attached hydrogens (tertiary/aromatic N) is 4. The van der Waals surface area contributed by atoms with Gasteiger partial charge in [-0.15, -0.1) is 0 Å². The van der Waals surface area contributed by atoms with Crippen molar-refractivity contribution in [3.05, 3.63) is 16.4 Å². The van der Waals surface area contributed by atoms with Crippen LogP contribution in [0.15, 0.2) is 0 Å². The van der Waals surface area contributed by atoms with E-state index in [1.165, 1.54) is 0 Å². The molecule has 1 aromatic rings. The van der Waals surface area contributed by atoms with E-state index in [4.69, 9.17) is 11.6 Å². The first-order chi connectivity index (χ1) is 9.96. The number of halogens is 1. The van der Waals surface area contributed by atoms with Crippen LogP contribution >= 0.6 is 11.6 Å². The molecule has 6 heteroatoms. The van der Waals surface area contributed by atoms with Crippen molar-refractivity contribution < 1.29 is 5.11 Å². The normalized spacial score (nSPS) is 23.4. The van der Waals surface area contributed by atoms with E-state index in [1.807, 2.05) is 4.68 Å². The highest BCUT2D eigenvalue weighted by molar-refractivity contribution is 6.31. The molecule has 0 radical (unpaired) electrons. The van der Waals surface area contributed by atoms with Gasteiger partial charge in [-0.3, -0.25) is 9.58 Å². The predicted molar refractivity (Wildman–Crippen MR) is 85.7 cm³/mol. The van der Waals surface area contributed by atoms with Crippen molar-refractivity contribution in [1.82, 2.24) is 19.6 Å². The summed E-state index contributed by atoms with van der Waals surface area (Å²) in [6.45, 7) is 7.41. The Morgan fingerprint density at radius 1 is 1.38 bits per heavy atom. The molecule has 2 unspecified atom stereocenters. The maximum atomic E-state index is 9.99. The van der Waals surface area contributed by atoms with Gasteiger partial charge < -0.3 is 10.0 Å². The van der Waals surface area contributed by atoms with Crippen molar-refractivity contribution in [3.63, 3.8) is 0 Å². The lowest BCUT2D eigenvalue weighted by atomic mass is 10.2. The number of aromatic nitrogens is 2. The average molecular weight is 315 g/mol. The number of β-amino-alcohol motifs (C(OH)–C–C–N with tert-alkyl or cyclic N) is 1. The zero-order valence-corrected chi connectivity index (χ0v) is 14.3. The van der Waals surface area contributed by atoms with Gasteiger partial charge in [-0.1, -0.05) is 18.5 Å². The lowest BCUT2D eigenvalue weighted by Crippen LogP contribution is -2.37. The van der Waals surface area contributed by atoms with Crippen LogP contribution < -0.4 is 0 Å². The first-order valence-electron chi connectivity index (χ1n) is 7.77. The van der Waals surface area contributed by atoms with E-state index in [0.29, 0.717) is 12.6 Å². The summed E-state index contributed by atoms with van der Waals surface area (Å²) in [4.78, 5) is 4.51. The van der Waals surface area contributed by atoms with Gasteiger partial charge in [0.05, 0.1) is 22.5 Å². The molecule has 1 aliphatic heterocycles. The zero-order valence-electron chi connectivity index (χ0n) is 13.5. The van der Waals surface area contributed by atoms with Crippen molar-refractivity contribution in [2.75, 3.05) is 27.2 Å². The topological polar surface area (TPSA) is 44.5 Å². The molecule has 21 heavy (non-hydrogen) atoms. The minimum atomic E-state index is -0.239. The van der Waals surface area contributed by atoms with Crippen LogP contribution in [-0.4, -0.2) is 64.0 Å². The molecular formula is C15H27ClN4O. The fourth-order valence-corrected chi connectivity index (χ4v) is 3.45. The summed E-state index contributed by atoms with van der Waals surface area (Å²) in [5.41, 5.74) is 2.05. The molecular weight excluding hydrogens is 288 g/mol. The van der Waals surface area contributed by atoms with Crippen molar-refractivity contribution in [3.8, 4) is 0 Å². The number of aliphatic hydroxyl groups is 1. The number of hydrogen-bond acceptors (Lipinski definition) is 4. The van der Waals surface area contributed by atoms with Gasteiger partial charge in [0.2, 0.25) is 0 Å². The molecule has 2 rings (SSSR count). The van der Waals surface area contributed by atoms with E-state index in [0.717, 1.165) is 48.9 Å². The molecule has 0 spiro atoms. The van der Waals surface area contributed by atoms with E-state index in [2.05, 4.69) is 42.8 Å². The second-order valence-corrected chi connectivity index (χ2v) is 6.49. The molecule has 0 amide bonds. The number of hydrogen-bond donors (Lipinski definition) is 1. The molecule has 1 aliphatic rings. The Morgan fingerprint density at radius 3 is 2.67 bits per heavy atom. The molecule has 0 saturated carbocycles. The maximum Gasteiger partial charge on any atom is 0.0863 e. The van der Waals surface area contributed by atoms with Crippen LogP contribution in [0.1, 0.15) is 31.7 Å². The summed E-state index contributed by atoms with van der Waals surface area (Å²) in [7, 11) is 4.14. The maximum absolute atomic E-state index is 9.99. The smallest absolute Gasteiger partial charge is 0.0863 e. The molecule has 120 valence electrons. The predicted octanol–water partition coefficient (Wildman–Crippen LogP) is 1.62. The summed E-state index contributed by atoms with van der Waals surface area (Å²) in [5.74, 6) is 0. The third kappa shape index (κ3) is 3.77. The Morgan fingerprint density at radius 2 is 2.10 bits per heavy atom. The number of likely N-dealkylation sites (N-methyl/N-ethyl adjacent to an activating group) is 1. The molecule has 1 aromatic heterocycles. The van der Waals surface area contributed by atoms with E-state index in [1.54, 1.807) is 0 Å². The second kappa shape index (κ2) is 7.09. The molecule has 5 nitrogen and oxygen atoms in total. The van der Waals surface area contributed by atoms with E-state index < -0.39 is 0 Å². The van der Waals surface area contributed by atoms with Gasteiger partial charge in [0.25, 0.3) is 0 Å². The molecule has 1 N–H and O–H groups in total. The summed E-state index contributed by atoms with van der Waals surface area (Å²) in [6.07, 6.45) is 1.44. The third-order valence-electron chi connectivity index (χ3n) is 4.13. The van der Waals surface area contributed by atoms with Crippen LogP contribution in [0.25, 0.3) is 0 Å². The third-order valence-corrected chi connectivity index (χ3v) is 4.56. The van der Waals surface area contributed by atoms with Gasteiger partial charge in [0.15, 0.2) is 0 Å². The van der Waals surface area contributed by atoms with E-state index in [9.17, 15) is 5.11 Å². The molecule has 1 saturated heterocycles. The Labute approximate surface area is 132 Å². The second-order valence-electron chi connectivity index (χ2n) is 6.11. The summed E-state index contributed by atoms with van der Waals surface area (Å²) < 4.78 is 2.00. The molecule has 1 fully saturated rings. The highest BCUT2D eigenvalue weighted by atomic mass is 35.5. The lowest BCUT2D eigenvalue weighted by Gasteiger charge is -2.26. The lowest BCUT2D eigenvalue weighted by molar-refractivity contribution is 0.167. The number of aryl methyl sites for hydroxylation is 2. The summed E-state index contributed by atoms with van der Waals surface area (Å²) in [5, 5.41) is 15.4. The minimum absolute atomic E-state index is 0.239. The summed E-state index contributed by atoms with van der Waals surface area (Å²) >= 11 is 6.49. The highest BCUT2D eigenvalue weighted by Gasteiger charge is 2.32. The molecule has 0 bridgehead atoms. The Balaban J connectivity index is 2.18. The van der Waals surface area contributed by atoms with Crippen LogP contribution in [0, 0.1) is 0 Å². The standard InChI is InChI=1S/C15H27ClN4O/c1-5-13-15(16)14(20(6-2)17-13)10-19-9-12(21)7-11(19)8-18(3)4/h11-12,21H,5-10H2,1-4H3. The molecule has 0 aliphatic carbocycles. The van der Waals surface area contributed by atoms with Gasteiger partial charge in [-0.05, 0) is 33.9 Å². The first kappa shape index (κ1) is 16.7. The fraction of sp³-hybridized carbons (Fsp3) is 0.800. The van der Waals surface area contributed by atoms with Gasteiger partial charge >= 0.3 is 0 Å². The fourth-order valence-electron chi connectivity index (χ4n) is 3.12. The summed E-state index contributed by atoms with van der Waals surface area (Å²) in [6, 6.07) is 0.372. The number of likely N-dealkylation sites (tertiary alicyclic amines) is 1. The Kier molecular flexibility index (Phi) is 5.66. The molecule has 2 heterocycles. The number of aliphatic hydroxyl groups excluding tert-OH is 1. The van der Waals surface area contributed by atoms with Crippen LogP contribution in [0.3, 0.4) is 0 Å². The van der Waals surface area contributed by atoms with Gasteiger partial charge in [-0.25, -0.2) is 0 Å². The first-order valence-corrected chi connectivity index (χ1v) is 8.14. The highest BCUT2D eigenvalue weighted by Crippen LogP contribution is 2.27. The zero-order chi connectivity index (χ0) is 15.6. The van der Waals surface area contributed by atoms with E-state index in [-0.39, 0.29) is 6.10 Å². The average Bonchev–Trinajstić information content (AvgIpc) is 2.91. The molecule has 2 atom stereocenters. The van der Waals surface area contributed by atoms with Crippen LogP contribution in [0.5, 0.6) is 0 Å². The Hall–Kier alpha value is -0.620. The van der Waals surface area contributed by atoms with Crippen molar-refractivity contribution in [1.29, 1.82) is 0 Å².